The first-order chi connectivity index (χ1) is 10.6. The molecule has 2 rings (SSSR count). The third kappa shape index (κ3) is 4.18. The first-order valence-corrected chi connectivity index (χ1v) is 10.0. The second kappa shape index (κ2) is 6.97. The quantitative estimate of drug-likeness (QED) is 0.664. The van der Waals surface area contributed by atoms with Crippen molar-refractivity contribution in [2.75, 3.05) is 6.26 Å². The highest BCUT2D eigenvalue weighted by atomic mass is 32.2. The molecule has 0 spiro atoms. The Bertz CT molecular complexity index is 713. The van der Waals surface area contributed by atoms with E-state index in [1.54, 1.807) is 11.8 Å². The molecule has 0 aliphatic carbocycles. The van der Waals surface area contributed by atoms with Gasteiger partial charge in [-0.15, -0.1) is 16.5 Å². The number of fused-ring (bicyclic) bond motifs is 1. The number of rotatable bonds is 4. The monoisotopic (exact) mass is 351 g/mol. The number of nitrogens with zero attached hydrogens (tertiary/aromatic N) is 2. The van der Waals surface area contributed by atoms with Crippen molar-refractivity contribution in [2.45, 2.75) is 57.4 Å². The summed E-state index contributed by atoms with van der Waals surface area (Å²) in [6.45, 7) is 12.0. The fraction of sp³-hybridized carbons (Fsp3) is 0.529. The molecule has 126 valence electrons. The molecule has 2 aromatic rings. The van der Waals surface area contributed by atoms with Gasteiger partial charge in [0, 0.05) is 16.9 Å². The zero-order chi connectivity index (χ0) is 17.4. The van der Waals surface area contributed by atoms with Crippen molar-refractivity contribution in [3.05, 3.63) is 29.0 Å². The van der Waals surface area contributed by atoms with Crippen molar-refractivity contribution in [2.24, 2.45) is 0 Å². The Morgan fingerprint density at radius 3 is 2.43 bits per heavy atom. The lowest BCUT2D eigenvalue weighted by Gasteiger charge is -2.27. The SMILES string of the molecule is CSc1nc2c([C@@H](C)N[S@+]([O-])C(C)(C)C)cc(C)cc2nc1C. The zero-order valence-corrected chi connectivity index (χ0v) is 16.5. The van der Waals surface area contributed by atoms with Crippen molar-refractivity contribution in [1.82, 2.24) is 14.7 Å². The minimum absolute atomic E-state index is 0.0656. The van der Waals surface area contributed by atoms with Gasteiger partial charge in [0.25, 0.3) is 0 Å². The van der Waals surface area contributed by atoms with Crippen LogP contribution in [0.4, 0.5) is 0 Å². The van der Waals surface area contributed by atoms with E-state index in [9.17, 15) is 4.55 Å². The van der Waals surface area contributed by atoms with Crippen LogP contribution in [0.5, 0.6) is 0 Å². The van der Waals surface area contributed by atoms with Crippen LogP contribution in [-0.4, -0.2) is 25.5 Å². The number of aryl methyl sites for hydroxylation is 2. The predicted molar refractivity (Wildman–Crippen MR) is 100 cm³/mol. The van der Waals surface area contributed by atoms with E-state index in [4.69, 9.17) is 9.97 Å². The largest absolute Gasteiger partial charge is 0.598 e. The van der Waals surface area contributed by atoms with E-state index in [1.165, 1.54) is 0 Å². The molecule has 2 atom stereocenters. The Morgan fingerprint density at radius 2 is 1.87 bits per heavy atom. The highest BCUT2D eigenvalue weighted by molar-refractivity contribution is 7.98. The molecule has 0 saturated heterocycles. The molecule has 6 heteroatoms. The molecule has 1 aromatic carbocycles. The maximum Gasteiger partial charge on any atom is 0.136 e. The lowest BCUT2D eigenvalue weighted by atomic mass is 10.0. The number of hydrogen-bond acceptors (Lipinski definition) is 5. The first-order valence-electron chi connectivity index (χ1n) is 7.64. The molecule has 0 fully saturated rings. The van der Waals surface area contributed by atoms with Gasteiger partial charge in [-0.1, -0.05) is 6.07 Å². The predicted octanol–water partition coefficient (Wildman–Crippen LogP) is 4.08. The fourth-order valence-corrected chi connectivity index (χ4v) is 3.65. The number of thioether (sulfide) groups is 1. The van der Waals surface area contributed by atoms with Crippen LogP contribution in [0, 0.1) is 13.8 Å². The molecule has 1 aromatic heterocycles. The second-order valence-corrected chi connectivity index (χ2v) is 9.55. The molecule has 23 heavy (non-hydrogen) atoms. The molecule has 0 bridgehead atoms. The molecule has 0 unspecified atom stereocenters. The summed E-state index contributed by atoms with van der Waals surface area (Å²) in [7, 11) is 0. The smallest absolute Gasteiger partial charge is 0.136 e. The lowest BCUT2D eigenvalue weighted by Crippen LogP contribution is -2.40. The van der Waals surface area contributed by atoms with Crippen LogP contribution in [0.25, 0.3) is 11.0 Å². The van der Waals surface area contributed by atoms with Crippen molar-refractivity contribution in [3.8, 4) is 0 Å². The van der Waals surface area contributed by atoms with Crippen LogP contribution in [0.15, 0.2) is 17.2 Å². The Balaban J connectivity index is 2.50. The summed E-state index contributed by atoms with van der Waals surface area (Å²) < 4.78 is 15.3. The van der Waals surface area contributed by atoms with Gasteiger partial charge in [0.05, 0.1) is 22.8 Å². The van der Waals surface area contributed by atoms with E-state index in [0.29, 0.717) is 0 Å². The van der Waals surface area contributed by atoms with Gasteiger partial charge in [-0.25, -0.2) is 9.97 Å². The topological polar surface area (TPSA) is 60.9 Å². The van der Waals surface area contributed by atoms with Gasteiger partial charge in [-0.2, -0.15) is 0 Å². The van der Waals surface area contributed by atoms with E-state index in [2.05, 4.69) is 23.8 Å². The standard InChI is InChI=1S/C17H25N3OS2/c1-10-8-13(11(2)20-23(21)17(4,5)6)15-14(9-10)18-12(3)16(19-15)22-7/h8-9,11,20H,1-7H3/t11-,23-/m1/s1. The fourth-order valence-electron chi connectivity index (χ4n) is 2.33. The van der Waals surface area contributed by atoms with E-state index >= 15 is 0 Å². The van der Waals surface area contributed by atoms with Crippen LogP contribution in [0.2, 0.25) is 0 Å². The molecular weight excluding hydrogens is 326 g/mol. The summed E-state index contributed by atoms with van der Waals surface area (Å²) in [5, 5.41) is 0.937. The summed E-state index contributed by atoms with van der Waals surface area (Å²) >= 11 is 0.467. The average Bonchev–Trinajstić information content (AvgIpc) is 2.44. The van der Waals surface area contributed by atoms with Gasteiger partial charge in [-0.3, -0.25) is 0 Å². The minimum Gasteiger partial charge on any atom is -0.598 e. The van der Waals surface area contributed by atoms with E-state index in [-0.39, 0.29) is 10.8 Å². The van der Waals surface area contributed by atoms with Crippen molar-refractivity contribution < 1.29 is 4.55 Å². The highest BCUT2D eigenvalue weighted by Crippen LogP contribution is 2.28. The third-order valence-electron chi connectivity index (χ3n) is 3.57. The third-order valence-corrected chi connectivity index (χ3v) is 6.03. The molecule has 0 radical (unpaired) electrons. The van der Waals surface area contributed by atoms with Gasteiger partial charge in [-0.05, 0) is 59.4 Å². The minimum atomic E-state index is -1.13. The molecule has 0 aliphatic heterocycles. The molecule has 0 amide bonds. The molecule has 4 nitrogen and oxygen atoms in total. The Kier molecular flexibility index (Phi) is 5.61. The van der Waals surface area contributed by atoms with E-state index in [1.807, 2.05) is 40.9 Å². The Morgan fingerprint density at radius 1 is 1.22 bits per heavy atom. The molecular formula is C17H25N3OS2. The van der Waals surface area contributed by atoms with Crippen LogP contribution >= 0.6 is 11.8 Å². The zero-order valence-electron chi connectivity index (χ0n) is 14.9. The van der Waals surface area contributed by atoms with Gasteiger partial charge < -0.3 is 4.55 Å². The summed E-state index contributed by atoms with van der Waals surface area (Å²) in [4.78, 5) is 9.48. The summed E-state index contributed by atoms with van der Waals surface area (Å²) in [6, 6.07) is 4.09. The van der Waals surface area contributed by atoms with Crippen LogP contribution < -0.4 is 4.72 Å². The maximum atomic E-state index is 12.4. The first kappa shape index (κ1) is 18.5. The maximum absolute atomic E-state index is 12.4. The lowest BCUT2D eigenvalue weighted by molar-refractivity contribution is 0.531. The summed E-state index contributed by atoms with van der Waals surface area (Å²) in [5.74, 6) is 0. The van der Waals surface area contributed by atoms with Crippen molar-refractivity contribution in [1.29, 1.82) is 0 Å². The van der Waals surface area contributed by atoms with E-state index < -0.39 is 11.4 Å². The van der Waals surface area contributed by atoms with Crippen molar-refractivity contribution >= 4 is 34.2 Å². The number of aromatic nitrogens is 2. The molecule has 1 N–H and O–H groups in total. The van der Waals surface area contributed by atoms with Gasteiger partial charge in [0.15, 0.2) is 0 Å². The summed E-state index contributed by atoms with van der Waals surface area (Å²) in [5.41, 5.74) is 4.90. The van der Waals surface area contributed by atoms with Gasteiger partial charge in [0.1, 0.15) is 9.77 Å². The van der Waals surface area contributed by atoms with Crippen LogP contribution in [0.1, 0.15) is 50.6 Å². The Labute approximate surface area is 146 Å². The normalized spacial score (nSPS) is 15.0. The van der Waals surface area contributed by atoms with Crippen LogP contribution in [0.3, 0.4) is 0 Å². The summed E-state index contributed by atoms with van der Waals surface area (Å²) in [6.07, 6.45) is 2.01. The molecule has 0 saturated carbocycles. The number of nitrogens with one attached hydrogen (secondary N) is 1. The number of hydrogen-bond donors (Lipinski definition) is 1. The van der Waals surface area contributed by atoms with Crippen molar-refractivity contribution in [3.63, 3.8) is 0 Å². The molecule has 1 heterocycles. The molecule has 0 aliphatic rings. The average molecular weight is 352 g/mol. The Hall–Kier alpha value is -0.820. The van der Waals surface area contributed by atoms with Gasteiger partial charge in [0.2, 0.25) is 0 Å². The van der Waals surface area contributed by atoms with Crippen LogP contribution in [-0.2, 0) is 11.4 Å². The van der Waals surface area contributed by atoms with Gasteiger partial charge >= 0.3 is 0 Å². The number of benzene rings is 1. The highest BCUT2D eigenvalue weighted by Gasteiger charge is 2.29. The second-order valence-electron chi connectivity index (χ2n) is 6.76. The van der Waals surface area contributed by atoms with E-state index in [0.717, 1.165) is 32.9 Å².